The van der Waals surface area contributed by atoms with Gasteiger partial charge in [-0.2, -0.15) is 0 Å². The molecule has 1 aromatic carbocycles. The standard InChI is InChI=1S/C19H27N5O2S/c1-13(2)20-17(25)15(4)27-19-22-21-18(23-8-10-26-11-9-23)24(19)16-7-5-6-14(3)12-16/h5-7,12-13,15H,8-11H2,1-4H3,(H,20,25). The zero-order valence-electron chi connectivity index (χ0n) is 16.3. The molecule has 1 unspecified atom stereocenters. The minimum atomic E-state index is -0.266. The molecule has 0 radical (unpaired) electrons. The van der Waals surface area contributed by atoms with Gasteiger partial charge in [0.05, 0.1) is 24.2 Å². The van der Waals surface area contributed by atoms with E-state index in [2.05, 4.69) is 39.5 Å². The maximum Gasteiger partial charge on any atom is 0.233 e. The molecule has 0 bridgehead atoms. The Morgan fingerprint density at radius 2 is 1.96 bits per heavy atom. The molecule has 0 aliphatic carbocycles. The molecule has 2 aromatic rings. The maximum absolute atomic E-state index is 12.4. The van der Waals surface area contributed by atoms with E-state index < -0.39 is 0 Å². The first kappa shape index (κ1) is 19.7. The molecule has 7 nitrogen and oxygen atoms in total. The Bertz CT molecular complexity index is 786. The number of nitrogens with zero attached hydrogens (tertiary/aromatic N) is 4. The van der Waals surface area contributed by atoms with Crippen molar-refractivity contribution >= 4 is 23.6 Å². The number of thioether (sulfide) groups is 1. The number of benzene rings is 1. The molecule has 0 spiro atoms. The van der Waals surface area contributed by atoms with Crippen LogP contribution in [0.15, 0.2) is 29.4 Å². The Labute approximate surface area is 164 Å². The van der Waals surface area contributed by atoms with Crippen LogP contribution in [-0.4, -0.2) is 58.3 Å². The maximum atomic E-state index is 12.4. The number of nitrogens with one attached hydrogen (secondary N) is 1. The van der Waals surface area contributed by atoms with Gasteiger partial charge in [0.1, 0.15) is 0 Å². The average molecular weight is 390 g/mol. The minimum Gasteiger partial charge on any atom is -0.378 e. The Hall–Kier alpha value is -2.06. The lowest BCUT2D eigenvalue weighted by Crippen LogP contribution is -2.38. The SMILES string of the molecule is Cc1cccc(-n2c(SC(C)C(=O)NC(C)C)nnc2N2CCOCC2)c1. The number of hydrogen-bond donors (Lipinski definition) is 1. The second-order valence-electron chi connectivity index (χ2n) is 6.98. The molecule has 1 aromatic heterocycles. The van der Waals surface area contributed by atoms with Gasteiger partial charge in [-0.3, -0.25) is 9.36 Å². The molecule has 1 atom stereocenters. The van der Waals surface area contributed by atoms with Gasteiger partial charge in [-0.1, -0.05) is 23.9 Å². The summed E-state index contributed by atoms with van der Waals surface area (Å²) >= 11 is 1.43. The molecule has 2 heterocycles. The molecule has 1 saturated heterocycles. The van der Waals surface area contributed by atoms with Crippen LogP contribution in [0.3, 0.4) is 0 Å². The van der Waals surface area contributed by atoms with Gasteiger partial charge in [0.2, 0.25) is 11.9 Å². The van der Waals surface area contributed by atoms with Crippen LogP contribution in [-0.2, 0) is 9.53 Å². The fraction of sp³-hybridized carbons (Fsp3) is 0.526. The second kappa shape index (κ2) is 8.75. The molecule has 1 N–H and O–H groups in total. The zero-order chi connectivity index (χ0) is 19.4. The van der Waals surface area contributed by atoms with Crippen molar-refractivity contribution in [2.75, 3.05) is 31.2 Å². The molecule has 1 fully saturated rings. The summed E-state index contributed by atoms with van der Waals surface area (Å²) in [5, 5.41) is 12.3. The third kappa shape index (κ3) is 4.81. The number of carbonyl (C=O) groups excluding carboxylic acids is 1. The average Bonchev–Trinajstić information content (AvgIpc) is 3.05. The fourth-order valence-electron chi connectivity index (χ4n) is 2.91. The van der Waals surface area contributed by atoms with E-state index in [9.17, 15) is 4.79 Å². The number of morpholine rings is 1. The van der Waals surface area contributed by atoms with Crippen molar-refractivity contribution in [1.29, 1.82) is 0 Å². The van der Waals surface area contributed by atoms with E-state index in [1.165, 1.54) is 11.8 Å². The zero-order valence-corrected chi connectivity index (χ0v) is 17.1. The summed E-state index contributed by atoms with van der Waals surface area (Å²) in [4.78, 5) is 14.5. The summed E-state index contributed by atoms with van der Waals surface area (Å²) in [6, 6.07) is 8.35. The number of anilines is 1. The second-order valence-corrected chi connectivity index (χ2v) is 8.29. The molecule has 0 saturated carbocycles. The molecular formula is C19H27N5O2S. The number of ether oxygens (including phenoxy) is 1. The summed E-state index contributed by atoms with van der Waals surface area (Å²) in [5.41, 5.74) is 2.16. The highest BCUT2D eigenvalue weighted by Gasteiger charge is 2.25. The van der Waals surface area contributed by atoms with Crippen LogP contribution in [0.1, 0.15) is 26.3 Å². The number of aryl methyl sites for hydroxylation is 1. The van der Waals surface area contributed by atoms with Crippen molar-refractivity contribution in [3.05, 3.63) is 29.8 Å². The summed E-state index contributed by atoms with van der Waals surface area (Å²) in [6.07, 6.45) is 0. The molecular weight excluding hydrogens is 362 g/mol. The van der Waals surface area contributed by atoms with Crippen LogP contribution in [0.2, 0.25) is 0 Å². The Balaban J connectivity index is 1.93. The third-order valence-electron chi connectivity index (χ3n) is 4.25. The van der Waals surface area contributed by atoms with Gasteiger partial charge in [-0.15, -0.1) is 10.2 Å². The van der Waals surface area contributed by atoms with Crippen molar-refractivity contribution in [2.45, 2.75) is 44.1 Å². The van der Waals surface area contributed by atoms with Crippen LogP contribution in [0.5, 0.6) is 0 Å². The lowest BCUT2D eigenvalue weighted by Gasteiger charge is -2.28. The summed E-state index contributed by atoms with van der Waals surface area (Å²) < 4.78 is 7.51. The van der Waals surface area contributed by atoms with Gasteiger partial charge in [-0.05, 0) is 45.4 Å². The van der Waals surface area contributed by atoms with Crippen molar-refractivity contribution in [3.8, 4) is 5.69 Å². The van der Waals surface area contributed by atoms with E-state index in [0.29, 0.717) is 18.4 Å². The Morgan fingerprint density at radius 1 is 1.22 bits per heavy atom. The number of hydrogen-bond acceptors (Lipinski definition) is 6. The topological polar surface area (TPSA) is 72.3 Å². The number of carbonyl (C=O) groups is 1. The van der Waals surface area contributed by atoms with E-state index in [1.807, 2.05) is 37.5 Å². The van der Waals surface area contributed by atoms with E-state index in [4.69, 9.17) is 4.74 Å². The predicted molar refractivity (Wildman–Crippen MR) is 108 cm³/mol. The first-order valence-corrected chi connectivity index (χ1v) is 10.2. The highest BCUT2D eigenvalue weighted by Crippen LogP contribution is 2.30. The van der Waals surface area contributed by atoms with Gasteiger partial charge >= 0.3 is 0 Å². The molecule has 27 heavy (non-hydrogen) atoms. The van der Waals surface area contributed by atoms with Gasteiger partial charge < -0.3 is 15.0 Å². The molecule has 8 heteroatoms. The van der Waals surface area contributed by atoms with Crippen molar-refractivity contribution in [2.24, 2.45) is 0 Å². The van der Waals surface area contributed by atoms with Crippen molar-refractivity contribution in [3.63, 3.8) is 0 Å². The van der Waals surface area contributed by atoms with Crippen molar-refractivity contribution in [1.82, 2.24) is 20.1 Å². The smallest absolute Gasteiger partial charge is 0.233 e. The first-order chi connectivity index (χ1) is 13.0. The van der Waals surface area contributed by atoms with Crippen LogP contribution < -0.4 is 10.2 Å². The lowest BCUT2D eigenvalue weighted by atomic mass is 10.2. The molecule has 3 rings (SSSR count). The molecule has 1 amide bonds. The third-order valence-corrected chi connectivity index (χ3v) is 5.30. The Kier molecular flexibility index (Phi) is 6.38. The number of aromatic nitrogens is 3. The lowest BCUT2D eigenvalue weighted by molar-refractivity contribution is -0.120. The van der Waals surface area contributed by atoms with Crippen LogP contribution in [0, 0.1) is 6.92 Å². The van der Waals surface area contributed by atoms with Gasteiger partial charge in [0.15, 0.2) is 5.16 Å². The minimum absolute atomic E-state index is 0.00159. The monoisotopic (exact) mass is 389 g/mol. The van der Waals surface area contributed by atoms with Crippen LogP contribution in [0.4, 0.5) is 5.95 Å². The largest absolute Gasteiger partial charge is 0.378 e. The molecule has 1 aliphatic rings. The van der Waals surface area contributed by atoms with Crippen LogP contribution >= 0.6 is 11.8 Å². The summed E-state index contributed by atoms with van der Waals surface area (Å²) in [6.45, 7) is 10.8. The van der Waals surface area contributed by atoms with E-state index >= 15 is 0 Å². The van der Waals surface area contributed by atoms with Gasteiger partial charge in [-0.25, -0.2) is 0 Å². The predicted octanol–water partition coefficient (Wildman–Crippen LogP) is 2.42. The molecule has 146 valence electrons. The highest BCUT2D eigenvalue weighted by molar-refractivity contribution is 8.00. The first-order valence-electron chi connectivity index (χ1n) is 9.28. The number of amides is 1. The summed E-state index contributed by atoms with van der Waals surface area (Å²) in [5.74, 6) is 0.796. The van der Waals surface area contributed by atoms with E-state index in [1.54, 1.807) is 0 Å². The Morgan fingerprint density at radius 3 is 2.63 bits per heavy atom. The highest BCUT2D eigenvalue weighted by atomic mass is 32.2. The van der Waals surface area contributed by atoms with Crippen LogP contribution in [0.25, 0.3) is 5.69 Å². The van der Waals surface area contributed by atoms with Gasteiger partial charge in [0.25, 0.3) is 0 Å². The summed E-state index contributed by atoms with van der Waals surface area (Å²) in [7, 11) is 0. The van der Waals surface area contributed by atoms with Gasteiger partial charge in [0, 0.05) is 19.1 Å². The van der Waals surface area contributed by atoms with E-state index in [-0.39, 0.29) is 17.2 Å². The van der Waals surface area contributed by atoms with E-state index in [0.717, 1.165) is 30.3 Å². The number of rotatable bonds is 6. The van der Waals surface area contributed by atoms with Crippen molar-refractivity contribution < 1.29 is 9.53 Å². The fourth-order valence-corrected chi connectivity index (χ4v) is 3.78. The normalized spacial score (nSPS) is 15.8. The quantitative estimate of drug-likeness (QED) is 0.765. The molecule has 1 aliphatic heterocycles.